The van der Waals surface area contributed by atoms with Gasteiger partial charge < -0.3 is 24.4 Å². The molecular weight excluding hydrogens is 250 g/mol. The average molecular weight is 273 g/mol. The molecule has 1 heterocycles. The molecule has 7 nitrogen and oxygen atoms in total. The summed E-state index contributed by atoms with van der Waals surface area (Å²) in [5.41, 5.74) is 0. The van der Waals surface area contributed by atoms with Crippen molar-refractivity contribution in [2.24, 2.45) is 0 Å². The van der Waals surface area contributed by atoms with Gasteiger partial charge in [-0.2, -0.15) is 4.98 Å². The summed E-state index contributed by atoms with van der Waals surface area (Å²) < 4.78 is 15.5. The first-order valence-corrected chi connectivity index (χ1v) is 6.45. The molecule has 7 heteroatoms. The van der Waals surface area contributed by atoms with Gasteiger partial charge in [0.2, 0.25) is 5.89 Å². The molecule has 19 heavy (non-hydrogen) atoms. The summed E-state index contributed by atoms with van der Waals surface area (Å²) >= 11 is 0. The molecule has 0 amide bonds. The maximum atomic E-state index is 9.65. The van der Waals surface area contributed by atoms with Crippen LogP contribution in [-0.2, 0) is 16.0 Å². The zero-order valence-electron chi connectivity index (χ0n) is 11.8. The SMILES string of the molecule is Cc1noc(CNCC(O)COCCOC(C)C)n1. The van der Waals surface area contributed by atoms with Crippen molar-refractivity contribution in [2.75, 3.05) is 26.4 Å². The third-order valence-electron chi connectivity index (χ3n) is 2.21. The Balaban J connectivity index is 1.97. The highest BCUT2D eigenvalue weighted by Crippen LogP contribution is 1.95. The minimum atomic E-state index is -0.567. The van der Waals surface area contributed by atoms with Crippen LogP contribution >= 0.6 is 0 Å². The van der Waals surface area contributed by atoms with Crippen LogP contribution in [-0.4, -0.2) is 53.8 Å². The van der Waals surface area contributed by atoms with Gasteiger partial charge in [-0.3, -0.25) is 0 Å². The number of hydrogen-bond donors (Lipinski definition) is 2. The highest BCUT2D eigenvalue weighted by atomic mass is 16.5. The Morgan fingerprint density at radius 1 is 1.37 bits per heavy atom. The van der Waals surface area contributed by atoms with Crippen molar-refractivity contribution < 1.29 is 19.1 Å². The van der Waals surface area contributed by atoms with Gasteiger partial charge in [-0.15, -0.1) is 0 Å². The van der Waals surface area contributed by atoms with Crippen LogP contribution < -0.4 is 5.32 Å². The van der Waals surface area contributed by atoms with Crippen LogP contribution in [0.5, 0.6) is 0 Å². The summed E-state index contributed by atoms with van der Waals surface area (Å²) in [4.78, 5) is 4.04. The molecule has 0 aliphatic rings. The number of aromatic nitrogens is 2. The Bertz CT molecular complexity index is 343. The van der Waals surface area contributed by atoms with Gasteiger partial charge in [0.1, 0.15) is 0 Å². The Morgan fingerprint density at radius 2 is 2.16 bits per heavy atom. The van der Waals surface area contributed by atoms with Crippen LogP contribution in [0, 0.1) is 6.92 Å². The van der Waals surface area contributed by atoms with Crippen molar-refractivity contribution in [2.45, 2.75) is 39.5 Å². The quantitative estimate of drug-likeness (QED) is 0.591. The van der Waals surface area contributed by atoms with Gasteiger partial charge in [-0.1, -0.05) is 5.16 Å². The fourth-order valence-electron chi connectivity index (χ4n) is 1.38. The number of rotatable bonds is 10. The Kier molecular flexibility index (Phi) is 7.57. The summed E-state index contributed by atoms with van der Waals surface area (Å²) in [6.07, 6.45) is -0.365. The lowest BCUT2D eigenvalue weighted by Crippen LogP contribution is -2.30. The molecule has 0 saturated heterocycles. The Morgan fingerprint density at radius 3 is 2.79 bits per heavy atom. The highest BCUT2D eigenvalue weighted by Gasteiger charge is 2.06. The lowest BCUT2D eigenvalue weighted by atomic mass is 10.4. The summed E-state index contributed by atoms with van der Waals surface area (Å²) in [6, 6.07) is 0. The fraction of sp³-hybridized carbons (Fsp3) is 0.833. The van der Waals surface area contributed by atoms with E-state index in [0.717, 1.165) is 0 Å². The lowest BCUT2D eigenvalue weighted by molar-refractivity contribution is -0.0101. The standard InChI is InChI=1S/C12H23N3O4/c1-9(2)18-5-4-17-8-11(16)6-13-7-12-14-10(3)15-19-12/h9,11,13,16H,4-8H2,1-3H3. The van der Waals surface area contributed by atoms with E-state index in [2.05, 4.69) is 15.5 Å². The molecule has 0 aliphatic carbocycles. The predicted molar refractivity (Wildman–Crippen MR) is 68.7 cm³/mol. The van der Waals surface area contributed by atoms with E-state index in [1.54, 1.807) is 6.92 Å². The molecule has 0 aliphatic heterocycles. The Hall–Kier alpha value is -1.02. The minimum Gasteiger partial charge on any atom is -0.389 e. The lowest BCUT2D eigenvalue weighted by Gasteiger charge is -2.12. The second-order valence-corrected chi connectivity index (χ2v) is 4.51. The van der Waals surface area contributed by atoms with Gasteiger partial charge in [0, 0.05) is 6.54 Å². The number of aryl methyl sites for hydroxylation is 1. The number of aliphatic hydroxyl groups is 1. The molecule has 1 rings (SSSR count). The first-order valence-electron chi connectivity index (χ1n) is 6.45. The number of nitrogens with one attached hydrogen (secondary N) is 1. The second-order valence-electron chi connectivity index (χ2n) is 4.51. The van der Waals surface area contributed by atoms with Crippen molar-refractivity contribution >= 4 is 0 Å². The first kappa shape index (κ1) is 16.0. The summed E-state index contributed by atoms with van der Waals surface area (Å²) in [5.74, 6) is 1.11. The second kappa shape index (κ2) is 8.98. The van der Waals surface area contributed by atoms with E-state index in [1.807, 2.05) is 13.8 Å². The van der Waals surface area contributed by atoms with Gasteiger partial charge in [0.05, 0.1) is 38.6 Å². The molecular formula is C12H23N3O4. The third kappa shape index (κ3) is 7.89. The fourth-order valence-corrected chi connectivity index (χ4v) is 1.38. The summed E-state index contributed by atoms with van der Waals surface area (Å²) in [5, 5.41) is 16.3. The molecule has 1 aromatic heterocycles. The van der Waals surface area contributed by atoms with Crippen LogP contribution in [0.3, 0.4) is 0 Å². The summed E-state index contributed by atoms with van der Waals surface area (Å²) in [6.45, 7) is 7.85. The van der Waals surface area contributed by atoms with Gasteiger partial charge in [-0.25, -0.2) is 0 Å². The van der Waals surface area contributed by atoms with E-state index in [1.165, 1.54) is 0 Å². The van der Waals surface area contributed by atoms with Crippen LogP contribution in [0.25, 0.3) is 0 Å². The molecule has 1 atom stereocenters. The maximum absolute atomic E-state index is 9.65. The molecule has 0 saturated carbocycles. The van der Waals surface area contributed by atoms with E-state index in [4.69, 9.17) is 14.0 Å². The van der Waals surface area contributed by atoms with Gasteiger partial charge in [-0.05, 0) is 20.8 Å². The van der Waals surface area contributed by atoms with Crippen molar-refractivity contribution in [1.82, 2.24) is 15.5 Å². The zero-order chi connectivity index (χ0) is 14.1. The molecule has 0 aromatic carbocycles. The van der Waals surface area contributed by atoms with Crippen molar-refractivity contribution in [3.8, 4) is 0 Å². The van der Waals surface area contributed by atoms with Gasteiger partial charge in [0.15, 0.2) is 5.82 Å². The molecule has 0 spiro atoms. The number of aliphatic hydroxyl groups excluding tert-OH is 1. The molecule has 0 bridgehead atoms. The van der Waals surface area contributed by atoms with E-state index < -0.39 is 6.10 Å². The van der Waals surface area contributed by atoms with Gasteiger partial charge >= 0.3 is 0 Å². The van der Waals surface area contributed by atoms with Crippen LogP contribution in [0.15, 0.2) is 4.52 Å². The monoisotopic (exact) mass is 273 g/mol. The smallest absolute Gasteiger partial charge is 0.240 e. The molecule has 0 fully saturated rings. The van der Waals surface area contributed by atoms with Gasteiger partial charge in [0.25, 0.3) is 0 Å². The average Bonchev–Trinajstić information content (AvgIpc) is 2.74. The molecule has 0 radical (unpaired) electrons. The molecule has 110 valence electrons. The number of hydrogen-bond acceptors (Lipinski definition) is 7. The third-order valence-corrected chi connectivity index (χ3v) is 2.21. The van der Waals surface area contributed by atoms with Crippen molar-refractivity contribution in [3.63, 3.8) is 0 Å². The normalized spacial score (nSPS) is 13.1. The van der Waals surface area contributed by atoms with E-state index in [-0.39, 0.29) is 12.7 Å². The highest BCUT2D eigenvalue weighted by molar-refractivity contribution is 4.81. The topological polar surface area (TPSA) is 89.6 Å². The first-order chi connectivity index (χ1) is 9.08. The largest absolute Gasteiger partial charge is 0.389 e. The van der Waals surface area contributed by atoms with E-state index in [9.17, 15) is 5.11 Å². The van der Waals surface area contributed by atoms with E-state index >= 15 is 0 Å². The number of nitrogens with zero attached hydrogens (tertiary/aromatic N) is 2. The zero-order valence-corrected chi connectivity index (χ0v) is 11.8. The van der Waals surface area contributed by atoms with Crippen molar-refractivity contribution in [1.29, 1.82) is 0 Å². The van der Waals surface area contributed by atoms with Crippen molar-refractivity contribution in [3.05, 3.63) is 11.7 Å². The Labute approximate surface area is 113 Å². The predicted octanol–water partition coefficient (Wildman–Crippen LogP) is 0.270. The minimum absolute atomic E-state index is 0.202. The van der Waals surface area contributed by atoms with E-state index in [0.29, 0.717) is 38.0 Å². The molecule has 1 aromatic rings. The molecule has 2 N–H and O–H groups in total. The maximum Gasteiger partial charge on any atom is 0.240 e. The summed E-state index contributed by atoms with van der Waals surface area (Å²) in [7, 11) is 0. The van der Waals surface area contributed by atoms with Crippen LogP contribution in [0.4, 0.5) is 0 Å². The number of ether oxygens (including phenoxy) is 2. The van der Waals surface area contributed by atoms with Crippen LogP contribution in [0.2, 0.25) is 0 Å². The van der Waals surface area contributed by atoms with Crippen LogP contribution in [0.1, 0.15) is 25.6 Å². The molecule has 1 unspecified atom stereocenters.